The minimum atomic E-state index is -0.248. The van der Waals surface area contributed by atoms with Crippen LogP contribution in [0.25, 0.3) is 11.0 Å². The third-order valence-electron chi connectivity index (χ3n) is 3.27. The molecular formula is C13H15N7O. The molecule has 0 bridgehead atoms. The third-order valence-corrected chi connectivity index (χ3v) is 3.27. The number of carbonyl (C=O) groups is 1. The first-order valence-corrected chi connectivity index (χ1v) is 6.68. The van der Waals surface area contributed by atoms with Crippen LogP contribution < -0.4 is 5.32 Å². The van der Waals surface area contributed by atoms with Crippen LogP contribution in [0.2, 0.25) is 0 Å². The zero-order valence-electron chi connectivity index (χ0n) is 11.7. The van der Waals surface area contributed by atoms with E-state index < -0.39 is 0 Å². The Labute approximate surface area is 120 Å². The van der Waals surface area contributed by atoms with Crippen LogP contribution in [0, 0.1) is 0 Å². The third kappa shape index (κ3) is 2.47. The maximum Gasteiger partial charge on any atom is 0.251 e. The maximum atomic E-state index is 12.2. The van der Waals surface area contributed by atoms with Gasteiger partial charge in [-0.1, -0.05) is 5.21 Å². The fourth-order valence-electron chi connectivity index (χ4n) is 2.12. The zero-order chi connectivity index (χ0) is 14.8. The highest BCUT2D eigenvalue weighted by molar-refractivity contribution is 5.97. The van der Waals surface area contributed by atoms with E-state index in [1.807, 2.05) is 19.9 Å². The van der Waals surface area contributed by atoms with Gasteiger partial charge in [-0.15, -0.1) is 5.10 Å². The monoisotopic (exact) mass is 285 g/mol. The summed E-state index contributed by atoms with van der Waals surface area (Å²) in [7, 11) is 0. The van der Waals surface area contributed by atoms with Crippen LogP contribution in [0.4, 0.5) is 0 Å². The highest BCUT2D eigenvalue weighted by Crippen LogP contribution is 2.14. The van der Waals surface area contributed by atoms with E-state index in [4.69, 9.17) is 0 Å². The number of hydrogen-bond acceptors (Lipinski definition) is 5. The van der Waals surface area contributed by atoms with E-state index in [0.717, 1.165) is 12.1 Å². The summed E-state index contributed by atoms with van der Waals surface area (Å²) in [6.07, 6.45) is 1.41. The molecule has 8 nitrogen and oxygen atoms in total. The van der Waals surface area contributed by atoms with Crippen molar-refractivity contribution in [3.63, 3.8) is 0 Å². The number of carbonyl (C=O) groups excluding carboxylic acids is 1. The molecule has 0 radical (unpaired) electrons. The highest BCUT2D eigenvalue weighted by atomic mass is 16.1. The molecule has 3 rings (SSSR count). The van der Waals surface area contributed by atoms with Crippen molar-refractivity contribution in [3.05, 3.63) is 35.9 Å². The number of benzene rings is 1. The van der Waals surface area contributed by atoms with Gasteiger partial charge in [0.25, 0.3) is 5.91 Å². The van der Waals surface area contributed by atoms with Crippen LogP contribution in [0.3, 0.4) is 0 Å². The largest absolute Gasteiger partial charge is 0.342 e. The average molecular weight is 285 g/mol. The number of aromatic nitrogens is 6. The zero-order valence-corrected chi connectivity index (χ0v) is 11.7. The van der Waals surface area contributed by atoms with Gasteiger partial charge in [-0.2, -0.15) is 5.10 Å². The van der Waals surface area contributed by atoms with Gasteiger partial charge in [0.1, 0.15) is 17.7 Å². The first-order valence-electron chi connectivity index (χ1n) is 6.68. The molecule has 2 aromatic heterocycles. The number of nitrogens with one attached hydrogen (secondary N) is 2. The van der Waals surface area contributed by atoms with Crippen LogP contribution in [-0.2, 0) is 6.54 Å². The molecule has 0 aliphatic rings. The predicted molar refractivity (Wildman–Crippen MR) is 75.5 cm³/mol. The van der Waals surface area contributed by atoms with Gasteiger partial charge in [0, 0.05) is 12.1 Å². The van der Waals surface area contributed by atoms with E-state index in [2.05, 4.69) is 30.8 Å². The van der Waals surface area contributed by atoms with Crippen LogP contribution >= 0.6 is 0 Å². The van der Waals surface area contributed by atoms with Gasteiger partial charge in [-0.25, -0.2) is 9.67 Å². The van der Waals surface area contributed by atoms with Crippen molar-refractivity contribution in [3.8, 4) is 0 Å². The molecule has 1 amide bonds. The van der Waals surface area contributed by atoms with Gasteiger partial charge in [-0.05, 0) is 32.0 Å². The number of aryl methyl sites for hydroxylation is 1. The molecule has 2 N–H and O–H groups in total. The second-order valence-corrected chi connectivity index (χ2v) is 4.67. The standard InChI is InChI=1S/C13H15N7O/c1-3-20-11-5-4-9(6-10(11)17-19-20)13(21)16-8(2)12-14-7-15-18-12/h4-8H,3H2,1-2H3,(H,16,21)(H,14,15,18). The smallest absolute Gasteiger partial charge is 0.251 e. The van der Waals surface area contributed by atoms with Crippen LogP contribution in [-0.4, -0.2) is 36.1 Å². The number of hydrogen-bond donors (Lipinski definition) is 2. The second-order valence-electron chi connectivity index (χ2n) is 4.67. The fraction of sp³-hybridized carbons (Fsp3) is 0.308. The van der Waals surface area contributed by atoms with Gasteiger partial charge in [-0.3, -0.25) is 9.89 Å². The summed E-state index contributed by atoms with van der Waals surface area (Å²) in [5.41, 5.74) is 2.16. The Morgan fingerprint density at radius 1 is 1.48 bits per heavy atom. The summed E-state index contributed by atoms with van der Waals surface area (Å²) < 4.78 is 1.79. The normalized spacial score (nSPS) is 12.5. The molecule has 8 heteroatoms. The van der Waals surface area contributed by atoms with Crippen molar-refractivity contribution in [2.24, 2.45) is 0 Å². The molecule has 1 aromatic carbocycles. The molecule has 0 aliphatic carbocycles. The summed E-state index contributed by atoms with van der Waals surface area (Å²) in [5.74, 6) is 0.424. The van der Waals surface area contributed by atoms with Crippen LogP contribution in [0.5, 0.6) is 0 Å². The number of rotatable bonds is 4. The Morgan fingerprint density at radius 3 is 3.05 bits per heavy atom. The molecule has 0 saturated carbocycles. The summed E-state index contributed by atoms with van der Waals surface area (Å²) >= 11 is 0. The second kappa shape index (κ2) is 5.31. The molecule has 0 fully saturated rings. The van der Waals surface area contributed by atoms with Crippen molar-refractivity contribution in [2.45, 2.75) is 26.4 Å². The highest BCUT2D eigenvalue weighted by Gasteiger charge is 2.14. The number of amides is 1. The Hall–Kier alpha value is -2.77. The number of nitrogens with zero attached hydrogens (tertiary/aromatic N) is 5. The quantitative estimate of drug-likeness (QED) is 0.746. The molecule has 21 heavy (non-hydrogen) atoms. The molecule has 1 unspecified atom stereocenters. The Balaban J connectivity index is 1.81. The molecule has 1 atom stereocenters. The Kier molecular flexibility index (Phi) is 3.35. The summed E-state index contributed by atoms with van der Waals surface area (Å²) in [6, 6.07) is 5.10. The maximum absolute atomic E-state index is 12.2. The lowest BCUT2D eigenvalue weighted by atomic mass is 10.1. The van der Waals surface area contributed by atoms with Crippen molar-refractivity contribution < 1.29 is 4.79 Å². The first-order chi connectivity index (χ1) is 10.2. The molecule has 2 heterocycles. The predicted octanol–water partition coefficient (Wildman–Crippen LogP) is 1.06. The van der Waals surface area contributed by atoms with E-state index in [0.29, 0.717) is 16.9 Å². The lowest BCUT2D eigenvalue weighted by molar-refractivity contribution is 0.0938. The minimum Gasteiger partial charge on any atom is -0.342 e. The Bertz CT molecular complexity index is 762. The average Bonchev–Trinajstić information content (AvgIpc) is 3.15. The van der Waals surface area contributed by atoms with Gasteiger partial charge in [0.15, 0.2) is 0 Å². The lowest BCUT2D eigenvalue weighted by Crippen LogP contribution is -2.27. The van der Waals surface area contributed by atoms with E-state index in [1.165, 1.54) is 6.33 Å². The van der Waals surface area contributed by atoms with E-state index in [9.17, 15) is 4.79 Å². The van der Waals surface area contributed by atoms with Crippen molar-refractivity contribution in [1.29, 1.82) is 0 Å². The van der Waals surface area contributed by atoms with Crippen molar-refractivity contribution >= 4 is 16.9 Å². The SMILES string of the molecule is CCn1nnc2cc(C(=O)NC(C)c3ncn[nH]3)ccc21. The topological polar surface area (TPSA) is 101 Å². The summed E-state index contributed by atoms with van der Waals surface area (Å²) in [6.45, 7) is 4.57. The van der Waals surface area contributed by atoms with Gasteiger partial charge in [0.05, 0.1) is 11.6 Å². The van der Waals surface area contributed by atoms with Crippen LogP contribution in [0.15, 0.2) is 24.5 Å². The molecular weight excluding hydrogens is 270 g/mol. The van der Waals surface area contributed by atoms with Crippen LogP contribution in [0.1, 0.15) is 36.1 Å². The van der Waals surface area contributed by atoms with E-state index in [-0.39, 0.29) is 11.9 Å². The van der Waals surface area contributed by atoms with Gasteiger partial charge in [0.2, 0.25) is 0 Å². The molecule has 0 aliphatic heterocycles. The number of aromatic amines is 1. The molecule has 108 valence electrons. The fourth-order valence-corrected chi connectivity index (χ4v) is 2.12. The molecule has 0 saturated heterocycles. The van der Waals surface area contributed by atoms with Gasteiger partial charge < -0.3 is 5.32 Å². The lowest BCUT2D eigenvalue weighted by Gasteiger charge is -2.10. The first kappa shape index (κ1) is 13.2. The number of H-pyrrole nitrogens is 1. The summed E-state index contributed by atoms with van der Waals surface area (Å²) in [5, 5.41) is 17.5. The Morgan fingerprint density at radius 2 is 2.33 bits per heavy atom. The molecule has 0 spiro atoms. The van der Waals surface area contributed by atoms with E-state index in [1.54, 1.807) is 16.8 Å². The summed E-state index contributed by atoms with van der Waals surface area (Å²) in [4.78, 5) is 16.3. The van der Waals surface area contributed by atoms with Gasteiger partial charge >= 0.3 is 0 Å². The van der Waals surface area contributed by atoms with Crippen molar-refractivity contribution in [2.75, 3.05) is 0 Å². The number of fused-ring (bicyclic) bond motifs is 1. The molecule has 3 aromatic rings. The van der Waals surface area contributed by atoms with Crippen molar-refractivity contribution in [1.82, 2.24) is 35.5 Å². The minimum absolute atomic E-state index is 0.188. The van der Waals surface area contributed by atoms with E-state index >= 15 is 0 Å².